The van der Waals surface area contributed by atoms with E-state index in [1.807, 2.05) is 64.2 Å². The molecule has 0 unspecified atom stereocenters. The molecule has 2 aliphatic rings. The molecule has 6 nitrogen and oxygen atoms in total. The summed E-state index contributed by atoms with van der Waals surface area (Å²) in [5, 5.41) is 4.56. The number of rotatable bonds is 5. The Morgan fingerprint density at radius 1 is 1.09 bits per heavy atom. The summed E-state index contributed by atoms with van der Waals surface area (Å²) in [5.74, 6) is 0.997. The number of hydrogen-bond donors (Lipinski definition) is 1. The van der Waals surface area contributed by atoms with Gasteiger partial charge in [-0.3, -0.25) is 4.79 Å². The number of aromatic nitrogens is 2. The Labute approximate surface area is 212 Å². The van der Waals surface area contributed by atoms with Crippen molar-refractivity contribution >= 4 is 33.2 Å². The Balaban J connectivity index is 1.44. The van der Waals surface area contributed by atoms with Gasteiger partial charge in [-0.25, -0.2) is 4.68 Å². The number of ether oxygens (including phenoxy) is 1. The van der Waals surface area contributed by atoms with Crippen molar-refractivity contribution in [3.8, 4) is 22.7 Å². The molecular formula is C28H25BrN4O2. The highest BCUT2D eigenvalue weighted by atomic mass is 79.9. The Morgan fingerprint density at radius 3 is 2.57 bits per heavy atom. The first kappa shape index (κ1) is 21.9. The Morgan fingerprint density at radius 2 is 1.89 bits per heavy atom. The molecule has 4 aromatic rings. The molecule has 7 heteroatoms. The van der Waals surface area contributed by atoms with Crippen LogP contribution in [0.2, 0.25) is 0 Å². The zero-order chi connectivity index (χ0) is 24.2. The van der Waals surface area contributed by atoms with Gasteiger partial charge in [0.05, 0.1) is 42.3 Å². The number of benzene rings is 3. The van der Waals surface area contributed by atoms with Crippen LogP contribution in [0.5, 0.6) is 5.75 Å². The average molecular weight is 529 g/mol. The average Bonchev–Trinajstić information content (AvgIpc) is 3.41. The van der Waals surface area contributed by atoms with Crippen LogP contribution in [0.3, 0.4) is 0 Å². The molecule has 6 rings (SSSR count). The Kier molecular flexibility index (Phi) is 5.18. The smallest absolute Gasteiger partial charge is 0.238 e. The standard InChI is InChI=1S/C28H25BrN4O2/c1-35-22-8-6-18(7-9-22)17-32-26-23(28(27(32)34)11-3-12-28)14-19(15-24(26)29)25-10-13-31-33(25)21-5-2-4-20(30)16-21/h2,4-10,13-16H,3,11-12,17,30H2,1H3. The molecule has 2 N–H and O–H groups in total. The lowest BCUT2D eigenvalue weighted by Crippen LogP contribution is -2.44. The number of carbonyl (C=O) groups is 1. The minimum Gasteiger partial charge on any atom is -0.497 e. The van der Waals surface area contributed by atoms with Crippen LogP contribution in [-0.4, -0.2) is 22.8 Å². The molecule has 176 valence electrons. The van der Waals surface area contributed by atoms with Crippen molar-refractivity contribution in [2.45, 2.75) is 31.2 Å². The van der Waals surface area contributed by atoms with E-state index in [1.165, 1.54) is 0 Å². The van der Waals surface area contributed by atoms with Gasteiger partial charge in [0.2, 0.25) is 5.91 Å². The molecule has 1 amide bonds. The molecule has 1 spiro atoms. The van der Waals surface area contributed by atoms with Crippen LogP contribution < -0.4 is 15.4 Å². The number of nitrogen functional groups attached to an aromatic ring is 1. The van der Waals surface area contributed by atoms with Gasteiger partial charge in [0.1, 0.15) is 5.75 Å². The summed E-state index contributed by atoms with van der Waals surface area (Å²) in [7, 11) is 1.66. The van der Waals surface area contributed by atoms with Crippen molar-refractivity contribution in [3.63, 3.8) is 0 Å². The lowest BCUT2D eigenvalue weighted by atomic mass is 9.65. The molecule has 0 saturated heterocycles. The van der Waals surface area contributed by atoms with Gasteiger partial charge < -0.3 is 15.4 Å². The van der Waals surface area contributed by atoms with Crippen molar-refractivity contribution in [2.75, 3.05) is 17.7 Å². The van der Waals surface area contributed by atoms with Crippen molar-refractivity contribution < 1.29 is 9.53 Å². The number of nitrogens with two attached hydrogens (primary N) is 1. The molecule has 1 aliphatic carbocycles. The van der Waals surface area contributed by atoms with Crippen LogP contribution in [0.1, 0.15) is 30.4 Å². The summed E-state index contributed by atoms with van der Waals surface area (Å²) in [6, 6.07) is 21.9. The predicted octanol–water partition coefficient (Wildman–Crippen LogP) is 5.86. The molecule has 35 heavy (non-hydrogen) atoms. The van der Waals surface area contributed by atoms with Gasteiger partial charge >= 0.3 is 0 Å². The molecule has 0 bridgehead atoms. The molecular weight excluding hydrogens is 504 g/mol. The fraction of sp³-hybridized carbons (Fsp3) is 0.214. The van der Waals surface area contributed by atoms with Crippen LogP contribution in [0.15, 0.2) is 77.4 Å². The lowest BCUT2D eigenvalue weighted by Gasteiger charge is -2.37. The van der Waals surface area contributed by atoms with E-state index in [-0.39, 0.29) is 5.91 Å². The summed E-state index contributed by atoms with van der Waals surface area (Å²) in [5.41, 5.74) is 12.3. The zero-order valence-electron chi connectivity index (χ0n) is 19.4. The van der Waals surface area contributed by atoms with E-state index >= 15 is 0 Å². The summed E-state index contributed by atoms with van der Waals surface area (Å²) in [6.07, 6.45) is 4.61. The van der Waals surface area contributed by atoms with E-state index in [0.29, 0.717) is 12.2 Å². The van der Waals surface area contributed by atoms with E-state index in [2.05, 4.69) is 33.2 Å². The molecule has 1 fully saturated rings. The van der Waals surface area contributed by atoms with Gasteiger partial charge in [0, 0.05) is 15.7 Å². The monoisotopic (exact) mass is 528 g/mol. The number of amides is 1. The molecule has 1 aromatic heterocycles. The quantitative estimate of drug-likeness (QED) is 0.329. The van der Waals surface area contributed by atoms with E-state index in [4.69, 9.17) is 10.5 Å². The third-order valence-electron chi connectivity index (χ3n) is 7.26. The predicted molar refractivity (Wildman–Crippen MR) is 141 cm³/mol. The summed E-state index contributed by atoms with van der Waals surface area (Å²) < 4.78 is 8.10. The van der Waals surface area contributed by atoms with Gasteiger partial charge in [-0.15, -0.1) is 0 Å². The second-order valence-corrected chi connectivity index (χ2v) is 10.1. The van der Waals surface area contributed by atoms with Gasteiger partial charge in [0.25, 0.3) is 0 Å². The number of hydrogen-bond acceptors (Lipinski definition) is 4. The molecule has 0 atom stereocenters. The number of methoxy groups -OCH3 is 1. The summed E-state index contributed by atoms with van der Waals surface area (Å²) >= 11 is 3.82. The van der Waals surface area contributed by atoms with Gasteiger partial charge in [-0.05, 0) is 88.4 Å². The third kappa shape index (κ3) is 3.45. The highest BCUT2D eigenvalue weighted by molar-refractivity contribution is 9.10. The minimum absolute atomic E-state index is 0.191. The Bertz CT molecular complexity index is 1440. The summed E-state index contributed by atoms with van der Waals surface area (Å²) in [6.45, 7) is 0.525. The fourth-order valence-corrected chi connectivity index (χ4v) is 6.00. The molecule has 0 radical (unpaired) electrons. The number of carbonyl (C=O) groups excluding carboxylic acids is 1. The SMILES string of the molecule is COc1ccc(CN2C(=O)C3(CCC3)c3cc(-c4ccnn4-c4cccc(N)c4)cc(Br)c32)cc1. The van der Waals surface area contributed by atoms with Gasteiger partial charge in [0.15, 0.2) is 0 Å². The van der Waals surface area contributed by atoms with Crippen LogP contribution in [0, 0.1) is 0 Å². The first-order valence-electron chi connectivity index (χ1n) is 11.7. The Hall–Kier alpha value is -3.58. The summed E-state index contributed by atoms with van der Waals surface area (Å²) in [4.78, 5) is 15.8. The number of fused-ring (bicyclic) bond motifs is 2. The van der Waals surface area contributed by atoms with Crippen LogP contribution in [0.25, 0.3) is 16.9 Å². The topological polar surface area (TPSA) is 73.4 Å². The number of nitrogens with zero attached hydrogens (tertiary/aromatic N) is 3. The van der Waals surface area contributed by atoms with Gasteiger partial charge in [-0.1, -0.05) is 24.6 Å². The highest BCUT2D eigenvalue weighted by Crippen LogP contribution is 2.56. The minimum atomic E-state index is -0.442. The maximum Gasteiger partial charge on any atom is 0.238 e. The molecule has 1 saturated carbocycles. The van der Waals surface area contributed by atoms with E-state index < -0.39 is 5.41 Å². The van der Waals surface area contributed by atoms with Crippen molar-refractivity contribution in [1.29, 1.82) is 0 Å². The number of halogens is 1. The van der Waals surface area contributed by atoms with Crippen LogP contribution in [-0.2, 0) is 16.8 Å². The van der Waals surface area contributed by atoms with Crippen molar-refractivity contribution in [1.82, 2.24) is 9.78 Å². The largest absolute Gasteiger partial charge is 0.497 e. The van der Waals surface area contributed by atoms with Crippen molar-refractivity contribution in [3.05, 3.63) is 88.5 Å². The molecule has 1 aliphatic heterocycles. The fourth-order valence-electron chi connectivity index (χ4n) is 5.32. The molecule has 2 heterocycles. The third-order valence-corrected chi connectivity index (χ3v) is 7.87. The van der Waals surface area contributed by atoms with Gasteiger partial charge in [-0.2, -0.15) is 5.10 Å². The van der Waals surface area contributed by atoms with E-state index in [9.17, 15) is 4.79 Å². The van der Waals surface area contributed by atoms with E-state index in [1.54, 1.807) is 13.3 Å². The normalized spacial score (nSPS) is 15.8. The second-order valence-electron chi connectivity index (χ2n) is 9.25. The second kappa shape index (κ2) is 8.27. The maximum atomic E-state index is 13.8. The first-order valence-corrected chi connectivity index (χ1v) is 12.5. The van der Waals surface area contributed by atoms with Crippen LogP contribution >= 0.6 is 15.9 Å². The zero-order valence-corrected chi connectivity index (χ0v) is 21.0. The first-order chi connectivity index (χ1) is 17.0. The maximum absolute atomic E-state index is 13.8. The van der Waals surface area contributed by atoms with Crippen LogP contribution in [0.4, 0.5) is 11.4 Å². The lowest BCUT2D eigenvalue weighted by molar-refractivity contribution is -0.126. The molecule has 3 aromatic carbocycles. The number of anilines is 2. The highest BCUT2D eigenvalue weighted by Gasteiger charge is 2.55. The van der Waals surface area contributed by atoms with E-state index in [0.717, 1.165) is 63.2 Å². The van der Waals surface area contributed by atoms with Crippen molar-refractivity contribution in [2.24, 2.45) is 0 Å².